The molecule has 1 aromatic carbocycles. The minimum atomic E-state index is -1.02. The van der Waals surface area contributed by atoms with Crippen LogP contribution in [0.5, 0.6) is 0 Å². The first-order chi connectivity index (χ1) is 9.47. The second kappa shape index (κ2) is 4.09. The normalized spacial score (nSPS) is 11.2. The summed E-state index contributed by atoms with van der Waals surface area (Å²) in [6.07, 6.45) is -0.127. The molecular formula is C13H11N3O4. The number of aromatic amines is 1. The lowest BCUT2D eigenvalue weighted by atomic mass is 10.2. The third kappa shape index (κ3) is 1.71. The van der Waals surface area contributed by atoms with E-state index in [-0.39, 0.29) is 12.0 Å². The van der Waals surface area contributed by atoms with Crippen molar-refractivity contribution in [2.24, 2.45) is 0 Å². The highest BCUT2D eigenvalue weighted by Gasteiger charge is 2.16. The SMILES string of the molecule is Cc1[nH]c2nc3cc(C(=O)O)ccc3n2c1CC(=O)O. The Morgan fingerprint density at radius 3 is 2.75 bits per heavy atom. The van der Waals surface area contributed by atoms with E-state index in [2.05, 4.69) is 9.97 Å². The van der Waals surface area contributed by atoms with Crippen molar-refractivity contribution in [2.45, 2.75) is 13.3 Å². The van der Waals surface area contributed by atoms with Gasteiger partial charge in [0.1, 0.15) is 0 Å². The van der Waals surface area contributed by atoms with E-state index < -0.39 is 11.9 Å². The van der Waals surface area contributed by atoms with Gasteiger partial charge in [-0.2, -0.15) is 0 Å². The van der Waals surface area contributed by atoms with Crippen molar-refractivity contribution < 1.29 is 19.8 Å². The van der Waals surface area contributed by atoms with Crippen molar-refractivity contribution in [3.8, 4) is 0 Å². The molecule has 3 N–H and O–H groups in total. The van der Waals surface area contributed by atoms with Gasteiger partial charge in [0, 0.05) is 5.69 Å². The van der Waals surface area contributed by atoms with Crippen LogP contribution in [0, 0.1) is 6.92 Å². The van der Waals surface area contributed by atoms with E-state index >= 15 is 0 Å². The molecule has 0 aliphatic heterocycles. The fourth-order valence-electron chi connectivity index (χ4n) is 2.33. The Labute approximate surface area is 112 Å². The average Bonchev–Trinajstić information content (AvgIpc) is 2.85. The van der Waals surface area contributed by atoms with Crippen LogP contribution in [0.25, 0.3) is 16.8 Å². The number of fused-ring (bicyclic) bond motifs is 3. The lowest BCUT2D eigenvalue weighted by molar-refractivity contribution is -0.136. The molecule has 7 heteroatoms. The Morgan fingerprint density at radius 1 is 1.35 bits per heavy atom. The van der Waals surface area contributed by atoms with Crippen LogP contribution in [0.2, 0.25) is 0 Å². The van der Waals surface area contributed by atoms with Gasteiger partial charge in [-0.15, -0.1) is 0 Å². The summed E-state index contributed by atoms with van der Waals surface area (Å²) in [4.78, 5) is 29.2. The summed E-state index contributed by atoms with van der Waals surface area (Å²) in [5.74, 6) is -1.44. The zero-order chi connectivity index (χ0) is 14.4. The highest BCUT2D eigenvalue weighted by Crippen LogP contribution is 2.22. The minimum absolute atomic E-state index is 0.127. The number of imidazole rings is 2. The van der Waals surface area contributed by atoms with Crippen LogP contribution in [-0.4, -0.2) is 36.5 Å². The topological polar surface area (TPSA) is 108 Å². The summed E-state index contributed by atoms with van der Waals surface area (Å²) in [5, 5.41) is 17.9. The molecule has 2 aromatic heterocycles. The number of aromatic carboxylic acids is 1. The van der Waals surface area contributed by atoms with E-state index in [9.17, 15) is 9.59 Å². The second-order valence-electron chi connectivity index (χ2n) is 4.55. The fourth-order valence-corrected chi connectivity index (χ4v) is 2.33. The smallest absolute Gasteiger partial charge is 0.335 e. The van der Waals surface area contributed by atoms with Gasteiger partial charge in [0.2, 0.25) is 5.78 Å². The van der Waals surface area contributed by atoms with Crippen molar-refractivity contribution >= 4 is 28.7 Å². The van der Waals surface area contributed by atoms with Gasteiger partial charge < -0.3 is 15.2 Å². The van der Waals surface area contributed by atoms with Gasteiger partial charge in [-0.05, 0) is 25.1 Å². The summed E-state index contributed by atoms with van der Waals surface area (Å²) in [5.41, 5.74) is 2.69. The van der Waals surface area contributed by atoms with Gasteiger partial charge in [0.15, 0.2) is 0 Å². The number of hydrogen-bond acceptors (Lipinski definition) is 3. The van der Waals surface area contributed by atoms with Crippen molar-refractivity contribution in [2.75, 3.05) is 0 Å². The van der Waals surface area contributed by atoms with Gasteiger partial charge in [-0.25, -0.2) is 9.78 Å². The van der Waals surface area contributed by atoms with Crippen LogP contribution in [0.15, 0.2) is 18.2 Å². The van der Waals surface area contributed by atoms with Gasteiger partial charge in [0.05, 0.1) is 28.7 Å². The number of nitrogens with one attached hydrogen (secondary N) is 1. The Morgan fingerprint density at radius 2 is 2.10 bits per heavy atom. The lowest BCUT2D eigenvalue weighted by Gasteiger charge is -2.00. The Balaban J connectivity index is 2.31. The van der Waals surface area contributed by atoms with Crippen molar-refractivity contribution in [3.63, 3.8) is 0 Å². The largest absolute Gasteiger partial charge is 0.481 e. The molecule has 0 aliphatic rings. The van der Waals surface area contributed by atoms with Crippen LogP contribution >= 0.6 is 0 Å². The zero-order valence-corrected chi connectivity index (χ0v) is 10.5. The van der Waals surface area contributed by atoms with Crippen LogP contribution < -0.4 is 0 Å². The maximum absolute atomic E-state index is 10.9. The maximum atomic E-state index is 10.9. The molecule has 0 fully saturated rings. The van der Waals surface area contributed by atoms with Gasteiger partial charge in [-0.1, -0.05) is 0 Å². The quantitative estimate of drug-likeness (QED) is 0.669. The molecule has 7 nitrogen and oxygen atoms in total. The van der Waals surface area contributed by atoms with Gasteiger partial charge in [-0.3, -0.25) is 9.20 Å². The predicted molar refractivity (Wildman–Crippen MR) is 70.1 cm³/mol. The van der Waals surface area contributed by atoms with E-state index in [0.717, 1.165) is 5.69 Å². The van der Waals surface area contributed by atoms with E-state index in [1.807, 2.05) is 0 Å². The number of aliphatic carboxylic acids is 1. The van der Waals surface area contributed by atoms with E-state index in [1.54, 1.807) is 17.4 Å². The molecule has 0 spiro atoms. The molecule has 102 valence electrons. The molecule has 0 amide bonds. The number of benzene rings is 1. The molecule has 0 saturated carbocycles. The van der Waals surface area contributed by atoms with Gasteiger partial charge >= 0.3 is 11.9 Å². The molecule has 0 unspecified atom stereocenters. The van der Waals surface area contributed by atoms with Gasteiger partial charge in [0.25, 0.3) is 0 Å². The number of nitrogens with zero attached hydrogens (tertiary/aromatic N) is 2. The molecule has 0 radical (unpaired) electrons. The molecule has 3 aromatic rings. The zero-order valence-electron chi connectivity index (χ0n) is 10.5. The highest BCUT2D eigenvalue weighted by atomic mass is 16.4. The number of hydrogen-bond donors (Lipinski definition) is 3. The molecule has 0 saturated heterocycles. The second-order valence-corrected chi connectivity index (χ2v) is 4.55. The minimum Gasteiger partial charge on any atom is -0.481 e. The molecule has 20 heavy (non-hydrogen) atoms. The average molecular weight is 273 g/mol. The number of carboxylic acids is 2. The third-order valence-electron chi connectivity index (χ3n) is 3.22. The maximum Gasteiger partial charge on any atom is 0.335 e. The summed E-state index contributed by atoms with van der Waals surface area (Å²) in [7, 11) is 0. The Kier molecular flexibility index (Phi) is 2.50. The first-order valence-corrected chi connectivity index (χ1v) is 5.92. The van der Waals surface area contributed by atoms with Crippen molar-refractivity contribution in [1.82, 2.24) is 14.4 Å². The van der Waals surface area contributed by atoms with Crippen LogP contribution in [0.1, 0.15) is 21.7 Å². The van der Waals surface area contributed by atoms with Crippen molar-refractivity contribution in [3.05, 3.63) is 35.2 Å². The molecule has 0 atom stereocenters. The monoisotopic (exact) mass is 273 g/mol. The van der Waals surface area contributed by atoms with E-state index in [4.69, 9.17) is 10.2 Å². The summed E-state index contributed by atoms with van der Waals surface area (Å²) >= 11 is 0. The Bertz CT molecular complexity index is 859. The summed E-state index contributed by atoms with van der Waals surface area (Å²) in [6.45, 7) is 1.78. The number of carboxylic acid groups (broad SMARTS) is 2. The molecule has 0 aliphatic carbocycles. The van der Waals surface area contributed by atoms with Crippen LogP contribution in [-0.2, 0) is 11.2 Å². The lowest BCUT2D eigenvalue weighted by Crippen LogP contribution is -2.04. The number of rotatable bonds is 3. The third-order valence-corrected chi connectivity index (χ3v) is 3.22. The molecular weight excluding hydrogens is 262 g/mol. The van der Waals surface area contributed by atoms with Crippen LogP contribution in [0.3, 0.4) is 0 Å². The first kappa shape index (κ1) is 12.2. The number of carbonyl (C=O) groups is 2. The predicted octanol–water partition coefficient (Wildman–Crippen LogP) is 1.45. The highest BCUT2D eigenvalue weighted by molar-refractivity contribution is 5.93. The van der Waals surface area contributed by atoms with E-state index in [1.165, 1.54) is 12.1 Å². The first-order valence-electron chi connectivity index (χ1n) is 5.92. The summed E-state index contributed by atoms with van der Waals surface area (Å²) in [6, 6.07) is 4.58. The summed E-state index contributed by atoms with van der Waals surface area (Å²) < 4.78 is 1.71. The van der Waals surface area contributed by atoms with Crippen molar-refractivity contribution in [1.29, 1.82) is 0 Å². The standard InChI is InChI=1S/C13H11N3O4/c1-6-10(5-11(17)18)16-9-3-2-7(12(19)20)4-8(9)15-13(16)14-6/h2-4H,5H2,1H3,(H,14,15)(H,17,18)(H,19,20). The molecule has 3 rings (SSSR count). The number of aryl methyl sites for hydroxylation is 1. The van der Waals surface area contributed by atoms with E-state index in [0.29, 0.717) is 22.5 Å². The molecule has 2 heterocycles. The fraction of sp³-hybridized carbons (Fsp3) is 0.154. The number of aromatic nitrogens is 3. The Hall–Kier alpha value is -2.83. The number of H-pyrrole nitrogens is 1. The molecule has 0 bridgehead atoms. The van der Waals surface area contributed by atoms with Crippen LogP contribution in [0.4, 0.5) is 0 Å².